The van der Waals surface area contributed by atoms with Crippen LogP contribution in [0.15, 0.2) is 24.3 Å². The minimum atomic E-state index is 0.245. The molecule has 2 aliphatic heterocycles. The SMILES string of the molecule is O=C1CC2[C@H](N1)c1ccccc1C21CCN(C2CC3CCC2C3)CC1. The van der Waals surface area contributed by atoms with E-state index in [1.165, 1.54) is 57.2 Å². The van der Waals surface area contributed by atoms with Gasteiger partial charge in [-0.25, -0.2) is 0 Å². The summed E-state index contributed by atoms with van der Waals surface area (Å²) in [5, 5.41) is 3.28. The largest absolute Gasteiger partial charge is 0.349 e. The average molecular weight is 336 g/mol. The topological polar surface area (TPSA) is 32.3 Å². The lowest BCUT2D eigenvalue weighted by Crippen LogP contribution is -2.50. The third-order valence-electron chi connectivity index (χ3n) is 8.53. The number of nitrogens with one attached hydrogen (secondary N) is 1. The van der Waals surface area contributed by atoms with E-state index in [4.69, 9.17) is 0 Å². The van der Waals surface area contributed by atoms with Crippen molar-refractivity contribution in [2.45, 2.75) is 62.4 Å². The zero-order valence-corrected chi connectivity index (χ0v) is 14.9. The Bertz CT molecular complexity index is 720. The lowest BCUT2D eigenvalue weighted by Gasteiger charge is -2.46. The number of rotatable bonds is 1. The quantitative estimate of drug-likeness (QED) is 0.852. The van der Waals surface area contributed by atoms with Crippen molar-refractivity contribution in [2.75, 3.05) is 13.1 Å². The number of carbonyl (C=O) groups is 1. The molecule has 2 saturated heterocycles. The third kappa shape index (κ3) is 1.94. The first-order chi connectivity index (χ1) is 12.2. The van der Waals surface area contributed by atoms with Gasteiger partial charge in [-0.3, -0.25) is 4.79 Å². The Morgan fingerprint density at radius 2 is 1.92 bits per heavy atom. The molecule has 5 atom stereocenters. The number of carbonyl (C=O) groups excluding carboxylic acids is 1. The summed E-state index contributed by atoms with van der Waals surface area (Å²) >= 11 is 0. The normalized spacial score (nSPS) is 41.1. The van der Waals surface area contributed by atoms with Crippen LogP contribution in [-0.2, 0) is 10.2 Å². The van der Waals surface area contributed by atoms with Crippen LogP contribution in [0, 0.1) is 17.8 Å². The van der Waals surface area contributed by atoms with Gasteiger partial charge in [0.25, 0.3) is 0 Å². The fraction of sp³-hybridized carbons (Fsp3) is 0.682. The molecule has 25 heavy (non-hydrogen) atoms. The predicted octanol–water partition coefficient (Wildman–Crippen LogP) is 3.40. The maximum atomic E-state index is 12.1. The smallest absolute Gasteiger partial charge is 0.220 e. The van der Waals surface area contributed by atoms with Crippen LogP contribution in [-0.4, -0.2) is 29.9 Å². The van der Waals surface area contributed by atoms with Gasteiger partial charge >= 0.3 is 0 Å². The van der Waals surface area contributed by atoms with E-state index < -0.39 is 0 Å². The second kappa shape index (κ2) is 5.09. The molecule has 1 N–H and O–H groups in total. The van der Waals surface area contributed by atoms with Crippen LogP contribution < -0.4 is 5.32 Å². The van der Waals surface area contributed by atoms with Crippen molar-refractivity contribution < 1.29 is 4.79 Å². The van der Waals surface area contributed by atoms with Gasteiger partial charge in [-0.1, -0.05) is 30.7 Å². The van der Waals surface area contributed by atoms with Crippen molar-refractivity contribution in [2.24, 2.45) is 17.8 Å². The molecule has 3 aliphatic carbocycles. The maximum absolute atomic E-state index is 12.1. The predicted molar refractivity (Wildman–Crippen MR) is 97.2 cm³/mol. The summed E-state index contributed by atoms with van der Waals surface area (Å²) in [7, 11) is 0. The second-order valence-electron chi connectivity index (χ2n) is 9.38. The van der Waals surface area contributed by atoms with Gasteiger partial charge in [-0.2, -0.15) is 0 Å². The van der Waals surface area contributed by atoms with E-state index in [1.54, 1.807) is 5.56 Å². The molecular weight excluding hydrogens is 308 g/mol. The average Bonchev–Trinajstić information content (AvgIpc) is 3.40. The van der Waals surface area contributed by atoms with Crippen molar-refractivity contribution in [1.29, 1.82) is 0 Å². The van der Waals surface area contributed by atoms with E-state index >= 15 is 0 Å². The van der Waals surface area contributed by atoms with E-state index in [1.807, 2.05) is 0 Å². The Labute approximate surface area is 150 Å². The zero-order valence-electron chi connectivity index (χ0n) is 14.9. The van der Waals surface area contributed by atoms with Gasteiger partial charge in [0.1, 0.15) is 0 Å². The van der Waals surface area contributed by atoms with Crippen LogP contribution in [0.1, 0.15) is 62.1 Å². The summed E-state index contributed by atoms with van der Waals surface area (Å²) in [6, 6.07) is 10.1. The summed E-state index contributed by atoms with van der Waals surface area (Å²) in [4.78, 5) is 15.0. The molecule has 1 aromatic carbocycles. The van der Waals surface area contributed by atoms with E-state index in [0.717, 1.165) is 24.3 Å². The highest BCUT2D eigenvalue weighted by Crippen LogP contribution is 2.58. The van der Waals surface area contributed by atoms with E-state index in [0.29, 0.717) is 5.92 Å². The van der Waals surface area contributed by atoms with Crippen molar-refractivity contribution in [1.82, 2.24) is 10.2 Å². The van der Waals surface area contributed by atoms with Gasteiger partial charge in [0.2, 0.25) is 5.91 Å². The highest BCUT2D eigenvalue weighted by Gasteiger charge is 2.57. The molecule has 4 fully saturated rings. The molecule has 2 saturated carbocycles. The highest BCUT2D eigenvalue weighted by atomic mass is 16.2. The van der Waals surface area contributed by atoms with Crippen LogP contribution in [0.2, 0.25) is 0 Å². The van der Waals surface area contributed by atoms with Crippen molar-refractivity contribution in [3.63, 3.8) is 0 Å². The van der Waals surface area contributed by atoms with Crippen LogP contribution in [0.25, 0.3) is 0 Å². The maximum Gasteiger partial charge on any atom is 0.220 e. The van der Waals surface area contributed by atoms with Crippen molar-refractivity contribution in [3.8, 4) is 0 Å². The number of nitrogens with zero attached hydrogens (tertiary/aromatic N) is 1. The van der Waals surface area contributed by atoms with Gasteiger partial charge < -0.3 is 10.2 Å². The van der Waals surface area contributed by atoms with Gasteiger partial charge in [0.15, 0.2) is 0 Å². The lowest BCUT2D eigenvalue weighted by atomic mass is 9.67. The third-order valence-corrected chi connectivity index (χ3v) is 8.53. The molecule has 2 heterocycles. The first-order valence-corrected chi connectivity index (χ1v) is 10.4. The number of hydrogen-bond donors (Lipinski definition) is 1. The molecule has 3 nitrogen and oxygen atoms in total. The zero-order chi connectivity index (χ0) is 16.6. The summed E-state index contributed by atoms with van der Waals surface area (Å²) in [6.45, 7) is 2.47. The number of likely N-dealkylation sites (tertiary alicyclic amines) is 1. The minimum absolute atomic E-state index is 0.245. The molecule has 3 heteroatoms. The fourth-order valence-corrected chi connectivity index (χ4v) is 7.43. The summed E-state index contributed by atoms with van der Waals surface area (Å²) in [6.07, 6.45) is 9.14. The van der Waals surface area contributed by atoms with Gasteiger partial charge in [0, 0.05) is 23.8 Å². The Kier molecular flexibility index (Phi) is 3.01. The molecule has 4 unspecified atom stereocenters. The molecular formula is C22H28N2O. The first-order valence-electron chi connectivity index (χ1n) is 10.4. The highest BCUT2D eigenvalue weighted by molar-refractivity contribution is 5.81. The van der Waals surface area contributed by atoms with Crippen molar-refractivity contribution in [3.05, 3.63) is 35.4 Å². The number of amides is 1. The molecule has 132 valence electrons. The van der Waals surface area contributed by atoms with Crippen LogP contribution >= 0.6 is 0 Å². The molecule has 2 bridgehead atoms. The summed E-state index contributed by atoms with van der Waals surface area (Å²) in [5.41, 5.74) is 3.21. The molecule has 0 aromatic heterocycles. The standard InChI is InChI=1S/C22H28N2O/c25-20-13-18-21(23-20)16-3-1-2-4-17(16)22(18)7-9-24(10-8-22)19-12-14-5-6-15(19)11-14/h1-4,14-15,18-19,21H,5-13H2,(H,23,25)/t14?,15?,18?,19?,21-/m1/s1. The molecule has 1 amide bonds. The van der Waals surface area contributed by atoms with Gasteiger partial charge in [-0.05, 0) is 68.2 Å². The second-order valence-corrected chi connectivity index (χ2v) is 9.38. The van der Waals surface area contributed by atoms with Gasteiger partial charge in [-0.15, -0.1) is 0 Å². The Morgan fingerprint density at radius 3 is 2.68 bits per heavy atom. The Hall–Kier alpha value is -1.35. The summed E-state index contributed by atoms with van der Waals surface area (Å²) < 4.78 is 0. The van der Waals surface area contributed by atoms with Gasteiger partial charge in [0.05, 0.1) is 6.04 Å². The minimum Gasteiger partial charge on any atom is -0.349 e. The molecule has 0 radical (unpaired) electrons. The fourth-order valence-electron chi connectivity index (χ4n) is 7.43. The Morgan fingerprint density at radius 1 is 1.08 bits per heavy atom. The monoisotopic (exact) mass is 336 g/mol. The van der Waals surface area contributed by atoms with Crippen LogP contribution in [0.3, 0.4) is 0 Å². The van der Waals surface area contributed by atoms with Crippen LogP contribution in [0.5, 0.6) is 0 Å². The first kappa shape index (κ1) is 14.8. The molecule has 6 rings (SSSR count). The lowest BCUT2D eigenvalue weighted by molar-refractivity contribution is -0.119. The number of hydrogen-bond acceptors (Lipinski definition) is 2. The van der Waals surface area contributed by atoms with E-state index in [-0.39, 0.29) is 17.4 Å². The van der Waals surface area contributed by atoms with Crippen molar-refractivity contribution >= 4 is 5.91 Å². The van der Waals surface area contributed by atoms with Crippen LogP contribution in [0.4, 0.5) is 0 Å². The number of fused-ring (bicyclic) bond motifs is 7. The van der Waals surface area contributed by atoms with E-state index in [2.05, 4.69) is 34.5 Å². The number of benzene rings is 1. The molecule has 1 spiro atoms. The summed E-state index contributed by atoms with van der Waals surface area (Å²) in [5.74, 6) is 2.76. The molecule has 5 aliphatic rings. The number of piperidine rings is 1. The Balaban J connectivity index is 1.29. The van der Waals surface area contributed by atoms with E-state index in [9.17, 15) is 4.79 Å². The molecule has 1 aromatic rings.